The van der Waals surface area contributed by atoms with Crippen LogP contribution in [-0.4, -0.2) is 41.1 Å². The average molecular weight is 391 g/mol. The number of hydrogen-bond acceptors (Lipinski definition) is 9. The zero-order valence-electron chi connectivity index (χ0n) is 13.3. The molecule has 3 heterocycles. The van der Waals surface area contributed by atoms with Gasteiger partial charge in [-0.05, 0) is 23.6 Å². The van der Waals surface area contributed by atoms with Crippen LogP contribution in [0.4, 0.5) is 5.00 Å². The van der Waals surface area contributed by atoms with Gasteiger partial charge < -0.3 is 14.6 Å². The molecule has 3 rings (SSSR count). The maximum absolute atomic E-state index is 12.7. The van der Waals surface area contributed by atoms with Crippen LogP contribution in [0.5, 0.6) is 0 Å². The minimum Gasteiger partial charge on any atom is -0.545 e. The molecule has 1 saturated heterocycles. The minimum atomic E-state index is -1.42. The molecule has 1 atom stereocenters. The van der Waals surface area contributed by atoms with E-state index in [1.165, 1.54) is 31.5 Å². The van der Waals surface area contributed by atoms with Gasteiger partial charge in [0.25, 0.3) is 0 Å². The van der Waals surface area contributed by atoms with Gasteiger partial charge in [0.1, 0.15) is 10.0 Å². The van der Waals surface area contributed by atoms with Gasteiger partial charge in [-0.2, -0.15) is 0 Å². The molecule has 0 N–H and O–H groups in total. The fourth-order valence-electron chi connectivity index (χ4n) is 2.42. The third kappa shape index (κ3) is 3.20. The second-order valence-corrected chi connectivity index (χ2v) is 7.24. The van der Waals surface area contributed by atoms with E-state index in [1.54, 1.807) is 5.38 Å². The van der Waals surface area contributed by atoms with E-state index < -0.39 is 29.0 Å². The maximum Gasteiger partial charge on any atom is 0.340 e. The number of rotatable bonds is 5. The number of ether oxygens (including phenoxy) is 1. The van der Waals surface area contributed by atoms with Gasteiger partial charge in [0.05, 0.1) is 23.9 Å². The topological polar surface area (TPSA) is 117 Å². The number of amides is 2. The van der Waals surface area contributed by atoms with Crippen molar-refractivity contribution in [3.05, 3.63) is 40.9 Å². The lowest BCUT2D eigenvalue weighted by Crippen LogP contribution is -2.31. The number of carboxylic acids is 1. The Morgan fingerprint density at radius 2 is 2.12 bits per heavy atom. The predicted molar refractivity (Wildman–Crippen MR) is 91.0 cm³/mol. The standard InChI is InChI=1S/C16H12N2O6S2/c1-24-16(23)9-4-6-25-14(9)18-11(19)7-10(13(18)20)26-12-8(15(21)22)3-2-5-17-12/h2-6,10H,7H2,1H3,(H,21,22)/p-1/t10-/m0/s1. The van der Waals surface area contributed by atoms with Crippen molar-refractivity contribution in [2.24, 2.45) is 0 Å². The number of carbonyl (C=O) groups excluding carboxylic acids is 4. The zero-order valence-corrected chi connectivity index (χ0v) is 15.0. The van der Waals surface area contributed by atoms with Crippen molar-refractivity contribution in [2.75, 3.05) is 12.0 Å². The summed E-state index contributed by atoms with van der Waals surface area (Å²) in [6.07, 6.45) is 1.26. The highest BCUT2D eigenvalue weighted by molar-refractivity contribution is 8.00. The first-order valence-corrected chi connectivity index (χ1v) is 9.05. The van der Waals surface area contributed by atoms with Crippen LogP contribution in [-0.2, 0) is 14.3 Å². The molecule has 0 radical (unpaired) electrons. The quantitative estimate of drug-likeness (QED) is 0.541. The van der Waals surface area contributed by atoms with Crippen LogP contribution in [0.1, 0.15) is 27.1 Å². The van der Waals surface area contributed by atoms with Crippen molar-refractivity contribution in [3.8, 4) is 0 Å². The molecule has 2 aromatic rings. The predicted octanol–water partition coefficient (Wildman–Crippen LogP) is 0.717. The number of anilines is 1. The van der Waals surface area contributed by atoms with E-state index in [1.807, 2.05) is 0 Å². The molecule has 0 saturated carbocycles. The molecule has 0 unspecified atom stereocenters. The molecule has 1 fully saturated rings. The summed E-state index contributed by atoms with van der Waals surface area (Å²) in [4.78, 5) is 52.9. The highest BCUT2D eigenvalue weighted by Gasteiger charge is 2.42. The van der Waals surface area contributed by atoms with E-state index in [-0.39, 0.29) is 27.6 Å². The van der Waals surface area contributed by atoms with Crippen LogP contribution in [0.15, 0.2) is 34.8 Å². The molecular formula is C16H11N2O6S2-. The summed E-state index contributed by atoms with van der Waals surface area (Å²) < 4.78 is 4.66. The minimum absolute atomic E-state index is 0.0971. The van der Waals surface area contributed by atoms with Gasteiger partial charge in [-0.15, -0.1) is 11.3 Å². The molecule has 10 heteroatoms. The summed E-state index contributed by atoms with van der Waals surface area (Å²) >= 11 is 1.95. The number of aromatic carboxylic acids is 1. The molecule has 0 aliphatic carbocycles. The molecule has 0 aromatic carbocycles. The largest absolute Gasteiger partial charge is 0.545 e. The van der Waals surface area contributed by atoms with Crippen LogP contribution in [0, 0.1) is 0 Å². The van der Waals surface area contributed by atoms with Crippen molar-refractivity contribution >= 4 is 51.9 Å². The number of pyridine rings is 1. The van der Waals surface area contributed by atoms with Crippen LogP contribution in [0.25, 0.3) is 0 Å². The lowest BCUT2D eigenvalue weighted by molar-refractivity contribution is -0.255. The van der Waals surface area contributed by atoms with E-state index >= 15 is 0 Å². The summed E-state index contributed by atoms with van der Waals surface area (Å²) in [5, 5.41) is 12.2. The number of nitrogens with zero attached hydrogens (tertiary/aromatic N) is 2. The zero-order chi connectivity index (χ0) is 18.8. The maximum atomic E-state index is 12.7. The van der Waals surface area contributed by atoms with Crippen LogP contribution < -0.4 is 10.0 Å². The van der Waals surface area contributed by atoms with Crippen LogP contribution >= 0.6 is 23.1 Å². The number of imide groups is 1. The SMILES string of the molecule is COC(=O)c1ccsc1N1C(=O)C[C@H](Sc2ncccc2C(=O)[O-])C1=O. The molecular weight excluding hydrogens is 380 g/mol. The molecule has 0 bridgehead atoms. The van der Waals surface area contributed by atoms with E-state index in [2.05, 4.69) is 9.72 Å². The van der Waals surface area contributed by atoms with Gasteiger partial charge in [0.15, 0.2) is 0 Å². The second kappa shape index (κ2) is 7.26. The smallest absolute Gasteiger partial charge is 0.340 e. The van der Waals surface area contributed by atoms with Gasteiger partial charge in [-0.25, -0.2) is 14.7 Å². The normalized spacial score (nSPS) is 16.8. The number of thioether (sulfide) groups is 1. The first kappa shape index (κ1) is 18.1. The van der Waals surface area contributed by atoms with Gasteiger partial charge >= 0.3 is 5.97 Å². The number of hydrogen-bond donors (Lipinski definition) is 0. The van der Waals surface area contributed by atoms with E-state index in [9.17, 15) is 24.3 Å². The number of carbonyl (C=O) groups is 4. The van der Waals surface area contributed by atoms with Crippen molar-refractivity contribution in [3.63, 3.8) is 0 Å². The van der Waals surface area contributed by atoms with Crippen LogP contribution in [0.3, 0.4) is 0 Å². The summed E-state index contributed by atoms with van der Waals surface area (Å²) in [5.74, 6) is -3.09. The summed E-state index contributed by atoms with van der Waals surface area (Å²) in [5.41, 5.74) is -0.0271. The Bertz CT molecular complexity index is 910. The van der Waals surface area contributed by atoms with Gasteiger partial charge in [0.2, 0.25) is 11.8 Å². The lowest BCUT2D eigenvalue weighted by Gasteiger charge is -2.15. The van der Waals surface area contributed by atoms with Crippen molar-refractivity contribution in [2.45, 2.75) is 16.7 Å². The Hall–Kier alpha value is -2.72. The Kier molecular flexibility index (Phi) is 5.05. The first-order valence-electron chi connectivity index (χ1n) is 7.29. The fourth-order valence-corrected chi connectivity index (χ4v) is 4.43. The average Bonchev–Trinajstić information content (AvgIpc) is 3.19. The number of carboxylic acid groups (broad SMARTS) is 1. The number of methoxy groups -OCH3 is 1. The molecule has 0 spiro atoms. The summed E-state index contributed by atoms with van der Waals surface area (Å²) in [6, 6.07) is 4.23. The van der Waals surface area contributed by atoms with Gasteiger partial charge in [-0.1, -0.05) is 11.8 Å². The Balaban J connectivity index is 1.88. The first-order chi connectivity index (χ1) is 12.4. The summed E-state index contributed by atoms with van der Waals surface area (Å²) in [7, 11) is 1.21. The second-order valence-electron chi connectivity index (χ2n) is 5.15. The summed E-state index contributed by atoms with van der Waals surface area (Å²) in [6.45, 7) is 0. The number of thiophene rings is 1. The van der Waals surface area contributed by atoms with Crippen molar-refractivity contribution < 1.29 is 29.0 Å². The Morgan fingerprint density at radius 1 is 1.35 bits per heavy atom. The van der Waals surface area contributed by atoms with E-state index in [4.69, 9.17) is 0 Å². The molecule has 2 amide bonds. The lowest BCUT2D eigenvalue weighted by atomic mass is 10.3. The van der Waals surface area contributed by atoms with Gasteiger partial charge in [-0.3, -0.25) is 9.59 Å². The van der Waals surface area contributed by atoms with E-state index in [0.29, 0.717) is 0 Å². The molecule has 1 aliphatic heterocycles. The number of esters is 1. The monoisotopic (exact) mass is 391 g/mol. The van der Waals surface area contributed by atoms with Crippen LogP contribution in [0.2, 0.25) is 0 Å². The van der Waals surface area contributed by atoms with Crippen molar-refractivity contribution in [1.29, 1.82) is 0 Å². The third-order valence-electron chi connectivity index (χ3n) is 3.60. The third-order valence-corrected chi connectivity index (χ3v) is 5.70. The molecule has 8 nitrogen and oxygen atoms in total. The highest BCUT2D eigenvalue weighted by atomic mass is 32.2. The molecule has 26 heavy (non-hydrogen) atoms. The van der Waals surface area contributed by atoms with Crippen molar-refractivity contribution in [1.82, 2.24) is 4.98 Å². The van der Waals surface area contributed by atoms with E-state index in [0.717, 1.165) is 28.0 Å². The Labute approximate surface area is 155 Å². The fraction of sp³-hybridized carbons (Fsp3) is 0.188. The molecule has 134 valence electrons. The molecule has 1 aliphatic rings. The Morgan fingerprint density at radius 3 is 2.81 bits per heavy atom. The molecule has 2 aromatic heterocycles. The highest BCUT2D eigenvalue weighted by Crippen LogP contribution is 2.38. The number of aromatic nitrogens is 1. The van der Waals surface area contributed by atoms with Gasteiger partial charge in [0, 0.05) is 18.2 Å².